The molecule has 0 aliphatic heterocycles. The summed E-state index contributed by atoms with van der Waals surface area (Å²) in [5, 5.41) is 0.956. The highest BCUT2D eigenvalue weighted by Crippen LogP contribution is 2.22. The maximum atomic E-state index is 12.4. The molecular formula is C15H18ClNO2. The number of hydrogen-bond acceptors (Lipinski definition) is 2. The van der Waals surface area contributed by atoms with Gasteiger partial charge in [0, 0.05) is 23.9 Å². The van der Waals surface area contributed by atoms with E-state index in [4.69, 9.17) is 16.0 Å². The van der Waals surface area contributed by atoms with Gasteiger partial charge in [-0.2, -0.15) is 0 Å². The fourth-order valence-electron chi connectivity index (χ4n) is 2.10. The minimum Gasteiger partial charge on any atom is -0.451 e. The monoisotopic (exact) mass is 279 g/mol. The van der Waals surface area contributed by atoms with E-state index in [1.165, 1.54) is 0 Å². The van der Waals surface area contributed by atoms with Crippen molar-refractivity contribution in [3.8, 4) is 0 Å². The molecule has 19 heavy (non-hydrogen) atoms. The topological polar surface area (TPSA) is 33.5 Å². The van der Waals surface area contributed by atoms with Crippen LogP contribution >= 0.6 is 11.6 Å². The van der Waals surface area contributed by atoms with Gasteiger partial charge in [0.25, 0.3) is 5.91 Å². The molecule has 0 saturated carbocycles. The van der Waals surface area contributed by atoms with Crippen molar-refractivity contribution in [2.45, 2.75) is 26.8 Å². The smallest absolute Gasteiger partial charge is 0.289 e. The van der Waals surface area contributed by atoms with Crippen molar-refractivity contribution in [3.05, 3.63) is 35.6 Å². The van der Waals surface area contributed by atoms with Crippen LogP contribution in [0.4, 0.5) is 0 Å². The summed E-state index contributed by atoms with van der Waals surface area (Å²) < 4.78 is 5.63. The Morgan fingerprint density at radius 2 is 2.11 bits per heavy atom. The van der Waals surface area contributed by atoms with Crippen LogP contribution in [0.3, 0.4) is 0 Å². The van der Waals surface area contributed by atoms with E-state index in [-0.39, 0.29) is 11.9 Å². The van der Waals surface area contributed by atoms with E-state index in [1.54, 1.807) is 11.0 Å². The van der Waals surface area contributed by atoms with E-state index in [0.717, 1.165) is 16.5 Å². The van der Waals surface area contributed by atoms with E-state index < -0.39 is 0 Å². The molecule has 0 N–H and O–H groups in total. The number of carbonyl (C=O) groups is 1. The average molecular weight is 280 g/mol. The molecule has 0 atom stereocenters. The highest BCUT2D eigenvalue weighted by Gasteiger charge is 2.21. The van der Waals surface area contributed by atoms with Crippen LogP contribution in [0.25, 0.3) is 11.0 Å². The van der Waals surface area contributed by atoms with Gasteiger partial charge in [-0.3, -0.25) is 4.79 Å². The molecule has 0 spiro atoms. The molecule has 3 nitrogen and oxygen atoms in total. The number of aryl methyl sites for hydroxylation is 1. The summed E-state index contributed by atoms with van der Waals surface area (Å²) in [5.41, 5.74) is 1.89. The Hall–Kier alpha value is -1.48. The van der Waals surface area contributed by atoms with Gasteiger partial charge in [0.1, 0.15) is 5.58 Å². The molecule has 0 aliphatic rings. The number of halogens is 1. The molecule has 0 fully saturated rings. The van der Waals surface area contributed by atoms with Crippen LogP contribution in [-0.4, -0.2) is 29.3 Å². The first-order chi connectivity index (χ1) is 9.02. The van der Waals surface area contributed by atoms with Crippen molar-refractivity contribution >= 4 is 28.5 Å². The lowest BCUT2D eigenvalue weighted by atomic mass is 10.2. The number of benzene rings is 1. The summed E-state index contributed by atoms with van der Waals surface area (Å²) in [6.07, 6.45) is 0. The summed E-state index contributed by atoms with van der Waals surface area (Å²) in [6.45, 7) is 6.48. The highest BCUT2D eigenvalue weighted by atomic mass is 35.5. The second kappa shape index (κ2) is 5.66. The molecule has 1 amide bonds. The maximum Gasteiger partial charge on any atom is 0.289 e. The molecule has 0 radical (unpaired) electrons. The number of carbonyl (C=O) groups excluding carboxylic acids is 1. The number of amides is 1. The van der Waals surface area contributed by atoms with Gasteiger partial charge < -0.3 is 9.32 Å². The SMILES string of the molecule is Cc1ccc2oc(C(=O)N(CCCl)C(C)C)cc2c1. The van der Waals surface area contributed by atoms with Crippen LogP contribution < -0.4 is 0 Å². The van der Waals surface area contributed by atoms with Crippen LogP contribution in [0.1, 0.15) is 30.0 Å². The molecule has 1 aromatic carbocycles. The summed E-state index contributed by atoms with van der Waals surface area (Å²) in [6, 6.07) is 7.77. The zero-order chi connectivity index (χ0) is 14.0. The van der Waals surface area contributed by atoms with Crippen molar-refractivity contribution in [3.63, 3.8) is 0 Å². The van der Waals surface area contributed by atoms with Crippen LogP contribution in [-0.2, 0) is 0 Å². The molecule has 4 heteroatoms. The quantitative estimate of drug-likeness (QED) is 0.797. The molecule has 1 aromatic heterocycles. The van der Waals surface area contributed by atoms with E-state index in [1.807, 2.05) is 39.0 Å². The maximum absolute atomic E-state index is 12.4. The standard InChI is InChI=1S/C15H18ClNO2/c1-10(2)17(7-6-16)15(18)14-9-12-8-11(3)4-5-13(12)19-14/h4-5,8-10H,6-7H2,1-3H3. The van der Waals surface area contributed by atoms with Crippen LogP contribution in [0, 0.1) is 6.92 Å². The van der Waals surface area contributed by atoms with Gasteiger partial charge >= 0.3 is 0 Å². The number of alkyl halides is 1. The molecule has 102 valence electrons. The Kier molecular flexibility index (Phi) is 4.15. The molecular weight excluding hydrogens is 262 g/mol. The van der Waals surface area contributed by atoms with E-state index in [0.29, 0.717) is 18.2 Å². The molecule has 0 saturated heterocycles. The van der Waals surface area contributed by atoms with Gasteiger partial charge in [-0.1, -0.05) is 11.6 Å². The van der Waals surface area contributed by atoms with Gasteiger partial charge in [0.05, 0.1) is 0 Å². The van der Waals surface area contributed by atoms with Crippen LogP contribution in [0.2, 0.25) is 0 Å². The van der Waals surface area contributed by atoms with Crippen molar-refractivity contribution in [1.82, 2.24) is 4.90 Å². The Balaban J connectivity index is 2.34. The Morgan fingerprint density at radius 1 is 1.37 bits per heavy atom. The first kappa shape index (κ1) is 13.9. The second-order valence-corrected chi connectivity index (χ2v) is 5.31. The lowest BCUT2D eigenvalue weighted by Crippen LogP contribution is -2.38. The number of hydrogen-bond donors (Lipinski definition) is 0. The summed E-state index contributed by atoms with van der Waals surface area (Å²) in [5.74, 6) is 0.687. The predicted octanol–water partition coefficient (Wildman–Crippen LogP) is 3.83. The third-order valence-electron chi connectivity index (χ3n) is 3.09. The van der Waals surface area contributed by atoms with Crippen molar-refractivity contribution in [1.29, 1.82) is 0 Å². The van der Waals surface area contributed by atoms with Crippen LogP contribution in [0.15, 0.2) is 28.7 Å². The predicted molar refractivity (Wildman–Crippen MR) is 77.8 cm³/mol. The summed E-state index contributed by atoms with van der Waals surface area (Å²) >= 11 is 5.75. The van der Waals surface area contributed by atoms with Gasteiger partial charge in [-0.25, -0.2) is 0 Å². The molecule has 0 unspecified atom stereocenters. The van der Waals surface area contributed by atoms with Gasteiger partial charge in [0.15, 0.2) is 5.76 Å². The molecule has 1 heterocycles. The van der Waals surface area contributed by atoms with Crippen molar-refractivity contribution in [2.75, 3.05) is 12.4 Å². The Morgan fingerprint density at radius 3 is 2.74 bits per heavy atom. The third kappa shape index (κ3) is 2.92. The van der Waals surface area contributed by atoms with Gasteiger partial charge in [-0.15, -0.1) is 11.6 Å². The number of rotatable bonds is 4. The zero-order valence-electron chi connectivity index (χ0n) is 11.4. The lowest BCUT2D eigenvalue weighted by Gasteiger charge is -2.24. The van der Waals surface area contributed by atoms with Crippen molar-refractivity contribution < 1.29 is 9.21 Å². The largest absolute Gasteiger partial charge is 0.451 e. The van der Waals surface area contributed by atoms with Gasteiger partial charge in [-0.05, 0) is 39.0 Å². The molecule has 0 bridgehead atoms. The third-order valence-corrected chi connectivity index (χ3v) is 3.26. The minimum absolute atomic E-state index is 0.0983. The summed E-state index contributed by atoms with van der Waals surface area (Å²) in [7, 11) is 0. The number of nitrogens with zero attached hydrogens (tertiary/aromatic N) is 1. The highest BCUT2D eigenvalue weighted by molar-refractivity contribution is 6.18. The van der Waals surface area contributed by atoms with Gasteiger partial charge in [0.2, 0.25) is 0 Å². The average Bonchev–Trinajstić information content (AvgIpc) is 2.77. The fourth-order valence-corrected chi connectivity index (χ4v) is 2.28. The Labute approximate surface area is 118 Å². The normalized spacial score (nSPS) is 11.2. The molecule has 2 aromatic rings. The summed E-state index contributed by atoms with van der Waals surface area (Å²) in [4.78, 5) is 14.1. The van der Waals surface area contributed by atoms with E-state index >= 15 is 0 Å². The van der Waals surface area contributed by atoms with E-state index in [2.05, 4.69) is 0 Å². The first-order valence-corrected chi connectivity index (χ1v) is 6.93. The van der Waals surface area contributed by atoms with Crippen molar-refractivity contribution in [2.24, 2.45) is 0 Å². The first-order valence-electron chi connectivity index (χ1n) is 6.40. The van der Waals surface area contributed by atoms with Crippen LogP contribution in [0.5, 0.6) is 0 Å². The number of furan rings is 1. The zero-order valence-corrected chi connectivity index (χ0v) is 12.2. The molecule has 0 aliphatic carbocycles. The Bertz CT molecular complexity index is 589. The van der Waals surface area contributed by atoms with E-state index in [9.17, 15) is 4.79 Å². The number of fused-ring (bicyclic) bond motifs is 1. The fraction of sp³-hybridized carbons (Fsp3) is 0.400. The second-order valence-electron chi connectivity index (χ2n) is 4.93. The minimum atomic E-state index is -0.107. The lowest BCUT2D eigenvalue weighted by molar-refractivity contribution is 0.0688. The molecule has 2 rings (SSSR count).